The van der Waals surface area contributed by atoms with Gasteiger partial charge < -0.3 is 5.73 Å². The lowest BCUT2D eigenvalue weighted by Gasteiger charge is -2.07. The molecule has 0 aliphatic rings. The Balaban J connectivity index is 2.64. The van der Waals surface area contributed by atoms with E-state index in [4.69, 9.17) is 5.73 Å². The quantitative estimate of drug-likeness (QED) is 0.632. The molecule has 0 saturated heterocycles. The molecule has 0 fully saturated rings. The Morgan fingerprint density at radius 2 is 2.00 bits per heavy atom. The average Bonchev–Trinajstić information content (AvgIpc) is 2.32. The first kappa shape index (κ1) is 14.7. The van der Waals surface area contributed by atoms with Crippen LogP contribution in [0.3, 0.4) is 0 Å². The van der Waals surface area contributed by atoms with Gasteiger partial charge in [0.25, 0.3) is 0 Å². The van der Waals surface area contributed by atoms with E-state index in [1.165, 1.54) is 0 Å². The van der Waals surface area contributed by atoms with E-state index in [9.17, 15) is 13.2 Å². The topological polar surface area (TPSA) is 77.2 Å². The Hall–Kier alpha value is -1.36. The third-order valence-corrected chi connectivity index (χ3v) is 4.77. The van der Waals surface area contributed by atoms with Crippen LogP contribution in [0.25, 0.3) is 0 Å². The van der Waals surface area contributed by atoms with Crippen LogP contribution in [0.5, 0.6) is 0 Å². The smallest absolute Gasteiger partial charge is 0.163 e. The molecular weight excluding hydrogens is 250 g/mol. The van der Waals surface area contributed by atoms with E-state index in [2.05, 4.69) is 0 Å². The molecule has 0 aromatic heterocycles. The molecule has 18 heavy (non-hydrogen) atoms. The van der Waals surface area contributed by atoms with Crippen molar-refractivity contribution in [3.8, 4) is 0 Å². The van der Waals surface area contributed by atoms with Gasteiger partial charge in [0.2, 0.25) is 0 Å². The molecule has 0 unspecified atom stereocenters. The van der Waals surface area contributed by atoms with Crippen molar-refractivity contribution in [1.29, 1.82) is 0 Å². The summed E-state index contributed by atoms with van der Waals surface area (Å²) in [6, 6.07) is 5.20. The second kappa shape index (κ2) is 6.00. The maximum atomic E-state index is 11.9. The fourth-order valence-electron chi connectivity index (χ4n) is 1.69. The minimum atomic E-state index is -2.99. The molecule has 0 spiro atoms. The zero-order chi connectivity index (χ0) is 13.8. The number of nitrogens with two attached hydrogens (primary N) is 1. The lowest BCUT2D eigenvalue weighted by atomic mass is 10.0. The largest absolute Gasteiger partial charge is 0.398 e. The van der Waals surface area contributed by atoms with E-state index >= 15 is 0 Å². The molecule has 2 N–H and O–H groups in total. The monoisotopic (exact) mass is 269 g/mol. The van der Waals surface area contributed by atoms with Crippen LogP contribution in [0.2, 0.25) is 0 Å². The first-order valence-corrected chi connectivity index (χ1v) is 7.78. The highest BCUT2D eigenvalue weighted by atomic mass is 32.2. The fourth-order valence-corrected chi connectivity index (χ4v) is 2.56. The second-order valence-electron chi connectivity index (χ2n) is 4.28. The third-order valence-electron chi connectivity index (χ3n) is 2.98. The minimum absolute atomic E-state index is 0.0499. The summed E-state index contributed by atoms with van der Waals surface area (Å²) >= 11 is 0. The molecule has 1 aromatic rings. The normalized spacial score (nSPS) is 11.4. The van der Waals surface area contributed by atoms with Crippen molar-refractivity contribution in [3.63, 3.8) is 0 Å². The fraction of sp³-hybridized carbons (Fsp3) is 0.462. The summed E-state index contributed by atoms with van der Waals surface area (Å²) in [5.41, 5.74) is 7.67. The SMILES string of the molecule is CCS(=O)(=O)CCCC(=O)c1cccc(N)c1C. The van der Waals surface area contributed by atoms with E-state index in [0.29, 0.717) is 17.7 Å². The molecule has 0 aliphatic heterocycles. The number of hydrogen-bond donors (Lipinski definition) is 1. The van der Waals surface area contributed by atoms with Crippen LogP contribution < -0.4 is 5.73 Å². The maximum Gasteiger partial charge on any atom is 0.163 e. The van der Waals surface area contributed by atoms with Gasteiger partial charge in [-0.1, -0.05) is 19.1 Å². The molecular formula is C13H19NO3S. The van der Waals surface area contributed by atoms with Crippen LogP contribution in [0.15, 0.2) is 18.2 Å². The van der Waals surface area contributed by atoms with E-state index in [0.717, 1.165) is 5.56 Å². The van der Waals surface area contributed by atoms with Crippen LogP contribution in [-0.2, 0) is 9.84 Å². The van der Waals surface area contributed by atoms with E-state index in [-0.39, 0.29) is 23.7 Å². The van der Waals surface area contributed by atoms with Crippen LogP contribution in [0.1, 0.15) is 35.7 Å². The zero-order valence-electron chi connectivity index (χ0n) is 10.8. The number of hydrogen-bond acceptors (Lipinski definition) is 4. The summed E-state index contributed by atoms with van der Waals surface area (Å²) in [5.74, 6) is 0.140. The van der Waals surface area contributed by atoms with Gasteiger partial charge in [-0.2, -0.15) is 0 Å². The highest BCUT2D eigenvalue weighted by Crippen LogP contribution is 2.17. The number of sulfone groups is 1. The van der Waals surface area contributed by atoms with Crippen LogP contribution in [-0.4, -0.2) is 25.7 Å². The molecule has 5 heteroatoms. The highest BCUT2D eigenvalue weighted by Gasteiger charge is 2.13. The van der Waals surface area contributed by atoms with E-state index < -0.39 is 9.84 Å². The third kappa shape index (κ3) is 3.84. The molecule has 1 aromatic carbocycles. The van der Waals surface area contributed by atoms with E-state index in [1.807, 2.05) is 0 Å². The Morgan fingerprint density at radius 3 is 2.61 bits per heavy atom. The average molecular weight is 269 g/mol. The summed E-state index contributed by atoms with van der Waals surface area (Å²) in [7, 11) is -2.99. The summed E-state index contributed by atoms with van der Waals surface area (Å²) in [6.07, 6.45) is 0.604. The first-order chi connectivity index (χ1) is 8.37. The predicted octanol–water partition coefficient (Wildman–Crippen LogP) is 1.97. The molecule has 0 saturated carbocycles. The van der Waals surface area contributed by atoms with E-state index in [1.54, 1.807) is 32.0 Å². The van der Waals surface area contributed by atoms with Gasteiger partial charge in [0.15, 0.2) is 5.78 Å². The Kier molecular flexibility index (Phi) is 4.90. The number of nitrogen functional groups attached to an aromatic ring is 1. The number of benzene rings is 1. The minimum Gasteiger partial charge on any atom is -0.398 e. The van der Waals surface area contributed by atoms with Gasteiger partial charge in [-0.15, -0.1) is 0 Å². The molecule has 0 radical (unpaired) electrons. The van der Waals surface area contributed by atoms with Crippen molar-refractivity contribution >= 4 is 21.3 Å². The number of Topliss-reactive ketones (excluding diaryl/α,β-unsaturated/α-hetero) is 1. The van der Waals surface area contributed by atoms with Gasteiger partial charge in [0, 0.05) is 23.4 Å². The molecule has 100 valence electrons. The summed E-state index contributed by atoms with van der Waals surface area (Å²) in [6.45, 7) is 3.41. The lowest BCUT2D eigenvalue weighted by molar-refractivity contribution is 0.0981. The van der Waals surface area contributed by atoms with Crippen LogP contribution in [0.4, 0.5) is 5.69 Å². The summed E-state index contributed by atoms with van der Waals surface area (Å²) in [4.78, 5) is 11.9. The van der Waals surface area contributed by atoms with Gasteiger partial charge in [0.1, 0.15) is 9.84 Å². The Labute approximate surface area is 108 Å². The predicted molar refractivity (Wildman–Crippen MR) is 73.5 cm³/mol. The number of rotatable bonds is 6. The Morgan fingerprint density at radius 1 is 1.33 bits per heavy atom. The van der Waals surface area contributed by atoms with Gasteiger partial charge >= 0.3 is 0 Å². The second-order valence-corrected chi connectivity index (χ2v) is 6.76. The number of carbonyl (C=O) groups excluding carboxylic acids is 1. The van der Waals surface area contributed by atoms with Gasteiger partial charge in [0.05, 0.1) is 5.75 Å². The van der Waals surface area contributed by atoms with Crippen molar-refractivity contribution in [3.05, 3.63) is 29.3 Å². The molecule has 0 bridgehead atoms. The molecule has 0 heterocycles. The first-order valence-electron chi connectivity index (χ1n) is 5.96. The number of anilines is 1. The van der Waals surface area contributed by atoms with Gasteiger partial charge in [-0.25, -0.2) is 8.42 Å². The molecule has 0 atom stereocenters. The van der Waals surface area contributed by atoms with Crippen LogP contribution in [0, 0.1) is 6.92 Å². The van der Waals surface area contributed by atoms with Crippen molar-refractivity contribution in [1.82, 2.24) is 0 Å². The maximum absolute atomic E-state index is 11.9. The lowest BCUT2D eigenvalue weighted by Crippen LogP contribution is -2.11. The zero-order valence-corrected chi connectivity index (χ0v) is 11.6. The van der Waals surface area contributed by atoms with Crippen molar-refractivity contribution in [2.24, 2.45) is 0 Å². The van der Waals surface area contributed by atoms with Crippen molar-refractivity contribution in [2.45, 2.75) is 26.7 Å². The number of carbonyl (C=O) groups is 1. The molecule has 4 nitrogen and oxygen atoms in total. The summed E-state index contributed by atoms with van der Waals surface area (Å²) < 4.78 is 22.6. The van der Waals surface area contributed by atoms with Gasteiger partial charge in [-0.3, -0.25) is 4.79 Å². The highest BCUT2D eigenvalue weighted by molar-refractivity contribution is 7.91. The van der Waals surface area contributed by atoms with Gasteiger partial charge in [-0.05, 0) is 25.0 Å². The number of ketones is 1. The van der Waals surface area contributed by atoms with Crippen LogP contribution >= 0.6 is 0 Å². The Bertz CT molecular complexity index is 535. The molecule has 0 amide bonds. The molecule has 0 aliphatic carbocycles. The van der Waals surface area contributed by atoms with Crippen molar-refractivity contribution < 1.29 is 13.2 Å². The summed E-state index contributed by atoms with van der Waals surface area (Å²) in [5, 5.41) is 0. The molecule has 1 rings (SSSR count). The standard InChI is InChI=1S/C13H19NO3S/c1-3-18(16,17)9-5-8-13(15)11-6-4-7-12(14)10(11)2/h4,6-7H,3,5,8-9,14H2,1-2H3. The van der Waals surface area contributed by atoms with Crippen molar-refractivity contribution in [2.75, 3.05) is 17.2 Å².